The number of fused-ring (bicyclic) bond motifs is 1. The second kappa shape index (κ2) is 10.3. The largest absolute Gasteiger partial charge is 0.414 e. The Bertz CT molecular complexity index is 1510. The number of nitrogens with one attached hydrogen (secondary N) is 3. The van der Waals surface area contributed by atoms with Crippen LogP contribution in [-0.4, -0.2) is 37.3 Å². The lowest BCUT2D eigenvalue weighted by molar-refractivity contribution is 0.184. The van der Waals surface area contributed by atoms with E-state index < -0.39 is 22.2 Å². The molecule has 0 fully saturated rings. The van der Waals surface area contributed by atoms with Gasteiger partial charge in [-0.1, -0.05) is 63.2 Å². The van der Waals surface area contributed by atoms with E-state index in [0.29, 0.717) is 22.2 Å². The fraction of sp³-hybridized carbons (Fsp3) is 0.250. The monoisotopic (exact) mass is 521 g/mol. The maximum Gasteiger partial charge on any atom is 0.414 e. The van der Waals surface area contributed by atoms with Crippen LogP contribution in [-0.2, 0) is 15.4 Å². The summed E-state index contributed by atoms with van der Waals surface area (Å²) >= 11 is 0. The lowest BCUT2D eigenvalue weighted by Gasteiger charge is -2.19. The van der Waals surface area contributed by atoms with Gasteiger partial charge < -0.3 is 20.1 Å². The summed E-state index contributed by atoms with van der Waals surface area (Å²) in [5.74, 6) is 0.170. The van der Waals surface area contributed by atoms with Crippen molar-refractivity contribution < 1.29 is 23.1 Å². The molecule has 0 bridgehead atoms. The van der Waals surface area contributed by atoms with Gasteiger partial charge in [-0.15, -0.1) is 0 Å². The van der Waals surface area contributed by atoms with Gasteiger partial charge in [-0.25, -0.2) is 13.2 Å². The summed E-state index contributed by atoms with van der Waals surface area (Å²) in [6, 6.07) is 20.8. The summed E-state index contributed by atoms with van der Waals surface area (Å²) in [7, 11) is -3.90. The smallest absolute Gasteiger partial charge is 0.394 e. The van der Waals surface area contributed by atoms with Crippen molar-refractivity contribution in [1.82, 2.24) is 10.3 Å². The summed E-state index contributed by atoms with van der Waals surface area (Å²) in [5, 5.41) is 12.3. The SMILES string of the molecule is CC(CO)NC(=O)Oc1[nH]c2ccc(S(=O)(=O)Nc3ccc(C(C)(C)C)cc3)cc2c1-c1ccccc1. The molecule has 0 radical (unpaired) electrons. The number of aliphatic hydroxyl groups is 1. The van der Waals surface area contributed by atoms with Crippen molar-refractivity contribution in [3.05, 3.63) is 78.4 Å². The fourth-order valence-corrected chi connectivity index (χ4v) is 4.99. The van der Waals surface area contributed by atoms with E-state index in [9.17, 15) is 18.3 Å². The van der Waals surface area contributed by atoms with Crippen LogP contribution in [0.1, 0.15) is 33.3 Å². The number of aliphatic hydroxyl groups excluding tert-OH is 1. The fourth-order valence-electron chi connectivity index (χ4n) is 3.90. The lowest BCUT2D eigenvalue weighted by atomic mass is 9.87. The Morgan fingerprint density at radius 2 is 1.70 bits per heavy atom. The van der Waals surface area contributed by atoms with Crippen LogP contribution < -0.4 is 14.8 Å². The molecule has 9 heteroatoms. The summed E-state index contributed by atoms with van der Waals surface area (Å²) in [4.78, 5) is 15.5. The van der Waals surface area contributed by atoms with E-state index in [1.807, 2.05) is 42.5 Å². The number of benzene rings is 3. The van der Waals surface area contributed by atoms with Gasteiger partial charge in [0.05, 0.1) is 23.1 Å². The Balaban J connectivity index is 1.72. The van der Waals surface area contributed by atoms with Crippen LogP contribution in [0.5, 0.6) is 5.88 Å². The van der Waals surface area contributed by atoms with E-state index in [1.54, 1.807) is 31.2 Å². The van der Waals surface area contributed by atoms with E-state index in [1.165, 1.54) is 6.07 Å². The van der Waals surface area contributed by atoms with Gasteiger partial charge in [-0.2, -0.15) is 0 Å². The molecule has 1 aromatic heterocycles. The summed E-state index contributed by atoms with van der Waals surface area (Å²) in [6.07, 6.45) is -0.737. The molecule has 0 aliphatic heterocycles. The van der Waals surface area contributed by atoms with Crippen molar-refractivity contribution in [2.24, 2.45) is 0 Å². The number of hydrogen-bond donors (Lipinski definition) is 4. The van der Waals surface area contributed by atoms with Crippen LogP contribution in [0.25, 0.3) is 22.0 Å². The highest BCUT2D eigenvalue weighted by molar-refractivity contribution is 7.92. The van der Waals surface area contributed by atoms with Gasteiger partial charge in [0.2, 0.25) is 5.88 Å². The number of H-pyrrole nitrogens is 1. The Kier molecular flexibility index (Phi) is 7.29. The molecule has 4 rings (SSSR count). The highest BCUT2D eigenvalue weighted by atomic mass is 32.2. The molecule has 0 saturated heterocycles. The van der Waals surface area contributed by atoms with Gasteiger partial charge in [-0.05, 0) is 53.8 Å². The van der Waals surface area contributed by atoms with Crippen molar-refractivity contribution in [1.29, 1.82) is 0 Å². The molecule has 0 aliphatic carbocycles. The molecule has 0 aliphatic rings. The molecule has 4 N–H and O–H groups in total. The molecule has 1 amide bonds. The van der Waals surface area contributed by atoms with E-state index >= 15 is 0 Å². The second-order valence-electron chi connectivity index (χ2n) is 9.95. The maximum atomic E-state index is 13.3. The van der Waals surface area contributed by atoms with Crippen molar-refractivity contribution >= 4 is 32.7 Å². The van der Waals surface area contributed by atoms with Crippen LogP contribution in [0.3, 0.4) is 0 Å². The van der Waals surface area contributed by atoms with E-state index in [4.69, 9.17) is 4.74 Å². The third-order valence-corrected chi connectivity index (χ3v) is 7.32. The van der Waals surface area contributed by atoms with Gasteiger partial charge in [0.15, 0.2) is 0 Å². The minimum absolute atomic E-state index is 0.0443. The summed E-state index contributed by atoms with van der Waals surface area (Å²) in [6.45, 7) is 7.69. The standard InChI is InChI=1S/C28H31N3O5S/c1-18(17-32)29-27(33)36-26-25(19-8-6-5-7-9-19)23-16-22(14-15-24(23)30-26)37(34,35)31-21-12-10-20(11-13-21)28(2,3)4/h5-16,18,30-32H,17H2,1-4H3,(H,29,33). The van der Waals surface area contributed by atoms with Crippen molar-refractivity contribution in [3.8, 4) is 17.0 Å². The molecule has 1 heterocycles. The highest BCUT2D eigenvalue weighted by Crippen LogP contribution is 2.38. The number of aromatic amines is 1. The van der Waals surface area contributed by atoms with Crippen molar-refractivity contribution in [2.75, 3.05) is 11.3 Å². The van der Waals surface area contributed by atoms with Gasteiger partial charge in [0.25, 0.3) is 10.0 Å². The van der Waals surface area contributed by atoms with Crippen molar-refractivity contribution in [3.63, 3.8) is 0 Å². The van der Waals surface area contributed by atoms with E-state index in [0.717, 1.165) is 11.1 Å². The molecule has 3 aromatic carbocycles. The average molecular weight is 522 g/mol. The first kappa shape index (κ1) is 26.2. The van der Waals surface area contributed by atoms with Crippen LogP contribution in [0.4, 0.5) is 10.5 Å². The third-order valence-electron chi connectivity index (χ3n) is 5.94. The number of ether oxygens (including phenoxy) is 1. The van der Waals surface area contributed by atoms with E-state index in [2.05, 4.69) is 35.8 Å². The molecule has 0 spiro atoms. The number of aromatic nitrogens is 1. The normalized spacial score (nSPS) is 12.8. The first-order valence-electron chi connectivity index (χ1n) is 11.9. The van der Waals surface area contributed by atoms with Gasteiger partial charge in [0.1, 0.15) is 0 Å². The Morgan fingerprint density at radius 1 is 1.03 bits per heavy atom. The molecular formula is C28H31N3O5S. The molecule has 0 saturated carbocycles. The van der Waals surface area contributed by atoms with E-state index in [-0.39, 0.29) is 22.8 Å². The minimum Gasteiger partial charge on any atom is -0.394 e. The van der Waals surface area contributed by atoms with Crippen molar-refractivity contribution in [2.45, 2.75) is 44.0 Å². The zero-order valence-electron chi connectivity index (χ0n) is 21.2. The number of hydrogen-bond acceptors (Lipinski definition) is 5. The Labute approximate surface area is 216 Å². The lowest BCUT2D eigenvalue weighted by Crippen LogP contribution is -2.37. The second-order valence-corrected chi connectivity index (χ2v) is 11.6. The molecule has 4 aromatic rings. The van der Waals surface area contributed by atoms with Gasteiger partial charge in [-0.3, -0.25) is 4.72 Å². The number of amides is 1. The number of sulfonamides is 1. The molecule has 1 atom stereocenters. The average Bonchev–Trinajstić information content (AvgIpc) is 3.20. The highest BCUT2D eigenvalue weighted by Gasteiger charge is 2.22. The minimum atomic E-state index is -3.90. The summed E-state index contributed by atoms with van der Waals surface area (Å²) in [5.41, 5.74) is 3.41. The number of carbonyl (C=O) groups is 1. The van der Waals surface area contributed by atoms with Crippen LogP contribution in [0, 0.1) is 0 Å². The first-order chi connectivity index (χ1) is 17.5. The first-order valence-corrected chi connectivity index (χ1v) is 13.4. The zero-order chi connectivity index (χ0) is 26.8. The van der Waals surface area contributed by atoms with Crippen LogP contribution in [0.2, 0.25) is 0 Å². The summed E-state index contributed by atoms with van der Waals surface area (Å²) < 4.78 is 34.7. The Morgan fingerprint density at radius 3 is 2.32 bits per heavy atom. The maximum absolute atomic E-state index is 13.3. The molecular weight excluding hydrogens is 490 g/mol. The quantitative estimate of drug-likeness (QED) is 0.259. The van der Waals surface area contributed by atoms with Crippen LogP contribution in [0.15, 0.2) is 77.7 Å². The molecule has 37 heavy (non-hydrogen) atoms. The molecule has 8 nitrogen and oxygen atoms in total. The number of anilines is 1. The zero-order valence-corrected chi connectivity index (χ0v) is 22.0. The number of rotatable bonds is 7. The predicted octanol–water partition coefficient (Wildman–Crippen LogP) is 5.40. The molecule has 194 valence electrons. The Hall–Kier alpha value is -3.82. The molecule has 1 unspecified atom stereocenters. The topological polar surface area (TPSA) is 121 Å². The van der Waals surface area contributed by atoms with Crippen LogP contribution >= 0.6 is 0 Å². The number of carbonyl (C=O) groups excluding carboxylic acids is 1. The third kappa shape index (κ3) is 5.95. The van der Waals surface area contributed by atoms with Gasteiger partial charge >= 0.3 is 6.09 Å². The predicted molar refractivity (Wildman–Crippen MR) is 145 cm³/mol. The van der Waals surface area contributed by atoms with Gasteiger partial charge in [0, 0.05) is 16.6 Å².